The molecule has 0 saturated heterocycles. The third-order valence-electron chi connectivity index (χ3n) is 5.86. The Hall–Kier alpha value is -3.42. The molecule has 4 rings (SSSR count). The zero-order valence-electron chi connectivity index (χ0n) is 19.6. The van der Waals surface area contributed by atoms with E-state index in [1.165, 1.54) is 0 Å². The zero-order valence-corrected chi connectivity index (χ0v) is 19.6. The van der Waals surface area contributed by atoms with Crippen LogP contribution in [0.25, 0.3) is 0 Å². The molecule has 8 heteroatoms. The molecule has 3 aromatic rings. The van der Waals surface area contributed by atoms with Gasteiger partial charge in [0.2, 0.25) is 5.91 Å². The third-order valence-corrected chi connectivity index (χ3v) is 5.86. The molecule has 2 N–H and O–H groups in total. The largest absolute Gasteiger partial charge is 0.361 e. The van der Waals surface area contributed by atoms with Crippen LogP contribution in [-0.2, 0) is 16.8 Å². The van der Waals surface area contributed by atoms with Crippen LogP contribution in [0, 0.1) is 6.92 Å². The third kappa shape index (κ3) is 5.50. The van der Waals surface area contributed by atoms with E-state index in [1.54, 1.807) is 6.07 Å². The topological polar surface area (TPSA) is 102 Å². The van der Waals surface area contributed by atoms with Gasteiger partial charge in [-0.25, -0.2) is 4.68 Å². The lowest BCUT2D eigenvalue weighted by Crippen LogP contribution is -2.32. The van der Waals surface area contributed by atoms with Crippen molar-refractivity contribution in [1.82, 2.24) is 20.3 Å². The van der Waals surface area contributed by atoms with Crippen molar-refractivity contribution in [2.75, 3.05) is 5.32 Å². The SMILES string of the molecule is Cc1cc(CC(=O)Nc2cc([C@@H]3CC[C@H](NC(=O)c4ccccc4)C3)nn2C(C)(C)C)on1. The molecule has 2 aromatic heterocycles. The Morgan fingerprint density at radius 2 is 1.91 bits per heavy atom. The summed E-state index contributed by atoms with van der Waals surface area (Å²) >= 11 is 0. The second-order valence-corrected chi connectivity index (χ2v) is 9.74. The van der Waals surface area contributed by atoms with E-state index < -0.39 is 0 Å². The van der Waals surface area contributed by atoms with E-state index in [0.717, 1.165) is 30.7 Å². The highest BCUT2D eigenvalue weighted by Gasteiger charge is 2.31. The quantitative estimate of drug-likeness (QED) is 0.588. The van der Waals surface area contributed by atoms with Crippen molar-refractivity contribution in [3.05, 3.63) is 65.2 Å². The summed E-state index contributed by atoms with van der Waals surface area (Å²) in [5.74, 6) is 1.19. The predicted octanol–water partition coefficient (Wildman–Crippen LogP) is 4.18. The number of amides is 2. The first-order chi connectivity index (χ1) is 15.7. The summed E-state index contributed by atoms with van der Waals surface area (Å²) in [7, 11) is 0. The molecule has 33 heavy (non-hydrogen) atoms. The lowest BCUT2D eigenvalue weighted by Gasteiger charge is -2.22. The van der Waals surface area contributed by atoms with Crippen molar-refractivity contribution in [2.24, 2.45) is 0 Å². The molecule has 0 aliphatic heterocycles. The van der Waals surface area contributed by atoms with E-state index in [0.29, 0.717) is 17.1 Å². The fourth-order valence-corrected chi connectivity index (χ4v) is 4.28. The maximum atomic E-state index is 12.6. The number of aromatic nitrogens is 3. The molecule has 0 spiro atoms. The second-order valence-electron chi connectivity index (χ2n) is 9.74. The number of carbonyl (C=O) groups excluding carboxylic acids is 2. The van der Waals surface area contributed by atoms with Gasteiger partial charge in [-0.2, -0.15) is 5.10 Å². The van der Waals surface area contributed by atoms with Gasteiger partial charge in [-0.05, 0) is 59.1 Å². The standard InChI is InChI=1S/C25H31N5O3/c1-16-12-20(33-29-16)14-23(31)27-22-15-21(28-30(22)25(2,3)4)18-10-11-19(13-18)26-24(32)17-8-6-5-7-9-17/h5-9,12,15,18-19H,10-11,13-14H2,1-4H3,(H,26,32)(H,27,31)/t18-,19+/m1/s1. The van der Waals surface area contributed by atoms with Crippen molar-refractivity contribution in [1.29, 1.82) is 0 Å². The van der Waals surface area contributed by atoms with Crippen LogP contribution < -0.4 is 10.6 Å². The molecule has 0 unspecified atom stereocenters. The maximum Gasteiger partial charge on any atom is 0.251 e. The van der Waals surface area contributed by atoms with Crippen LogP contribution >= 0.6 is 0 Å². The average Bonchev–Trinajstić information content (AvgIpc) is 3.48. The van der Waals surface area contributed by atoms with Crippen molar-refractivity contribution in [3.8, 4) is 0 Å². The minimum Gasteiger partial charge on any atom is -0.361 e. The lowest BCUT2D eigenvalue weighted by atomic mass is 10.0. The molecule has 1 aliphatic carbocycles. The van der Waals surface area contributed by atoms with Crippen molar-refractivity contribution < 1.29 is 14.1 Å². The number of nitrogens with one attached hydrogen (secondary N) is 2. The van der Waals surface area contributed by atoms with Gasteiger partial charge < -0.3 is 15.2 Å². The summed E-state index contributed by atoms with van der Waals surface area (Å²) in [6.07, 6.45) is 2.77. The number of aryl methyl sites for hydroxylation is 1. The summed E-state index contributed by atoms with van der Waals surface area (Å²) in [4.78, 5) is 25.1. The Morgan fingerprint density at radius 3 is 2.58 bits per heavy atom. The Labute approximate surface area is 193 Å². The molecule has 174 valence electrons. The summed E-state index contributed by atoms with van der Waals surface area (Å²) in [6, 6.07) is 13.1. The maximum absolute atomic E-state index is 12.6. The first-order valence-corrected chi connectivity index (χ1v) is 11.4. The summed E-state index contributed by atoms with van der Waals surface area (Å²) in [5.41, 5.74) is 2.05. The van der Waals surface area contributed by atoms with Gasteiger partial charge in [0.25, 0.3) is 5.91 Å². The van der Waals surface area contributed by atoms with Gasteiger partial charge in [0.15, 0.2) is 0 Å². The molecule has 1 fully saturated rings. The molecule has 8 nitrogen and oxygen atoms in total. The molecule has 0 radical (unpaired) electrons. The number of rotatable bonds is 6. The van der Waals surface area contributed by atoms with Gasteiger partial charge in [-0.3, -0.25) is 9.59 Å². The van der Waals surface area contributed by atoms with Crippen LogP contribution in [0.5, 0.6) is 0 Å². The van der Waals surface area contributed by atoms with Gasteiger partial charge in [0, 0.05) is 29.7 Å². The fourth-order valence-electron chi connectivity index (χ4n) is 4.28. The van der Waals surface area contributed by atoms with Crippen LogP contribution in [0.1, 0.15) is 73.5 Å². The van der Waals surface area contributed by atoms with Gasteiger partial charge in [0.1, 0.15) is 11.6 Å². The Kier molecular flexibility index (Phi) is 6.35. The molecule has 0 bridgehead atoms. The molecular formula is C25H31N5O3. The fraction of sp³-hybridized carbons (Fsp3) is 0.440. The van der Waals surface area contributed by atoms with E-state index in [4.69, 9.17) is 9.62 Å². The highest BCUT2D eigenvalue weighted by atomic mass is 16.5. The second kappa shape index (κ2) is 9.21. The highest BCUT2D eigenvalue weighted by molar-refractivity contribution is 5.94. The Morgan fingerprint density at radius 1 is 1.15 bits per heavy atom. The number of carbonyl (C=O) groups is 2. The molecule has 2 heterocycles. The van der Waals surface area contributed by atoms with Crippen molar-refractivity contribution in [3.63, 3.8) is 0 Å². The number of hydrogen-bond donors (Lipinski definition) is 2. The molecule has 2 amide bonds. The molecule has 1 aliphatic rings. The Balaban J connectivity index is 1.44. The summed E-state index contributed by atoms with van der Waals surface area (Å²) < 4.78 is 7.03. The first kappa shape index (κ1) is 22.8. The van der Waals surface area contributed by atoms with Gasteiger partial charge in [-0.15, -0.1) is 0 Å². The molecule has 2 atom stereocenters. The van der Waals surface area contributed by atoms with E-state index in [-0.39, 0.29) is 35.7 Å². The highest BCUT2D eigenvalue weighted by Crippen LogP contribution is 2.36. The molecular weight excluding hydrogens is 418 g/mol. The van der Waals surface area contributed by atoms with Crippen molar-refractivity contribution >= 4 is 17.6 Å². The van der Waals surface area contributed by atoms with E-state index in [1.807, 2.05) is 48.0 Å². The number of nitrogens with zero attached hydrogens (tertiary/aromatic N) is 3. The monoisotopic (exact) mass is 449 g/mol. The van der Waals surface area contributed by atoms with Crippen LogP contribution in [0.15, 0.2) is 47.0 Å². The minimum absolute atomic E-state index is 0.0444. The first-order valence-electron chi connectivity index (χ1n) is 11.4. The Bertz CT molecular complexity index is 1130. The number of anilines is 1. The predicted molar refractivity (Wildman–Crippen MR) is 125 cm³/mol. The van der Waals surface area contributed by atoms with Crippen LogP contribution in [-0.4, -0.2) is 32.8 Å². The molecule has 1 saturated carbocycles. The summed E-state index contributed by atoms with van der Waals surface area (Å²) in [6.45, 7) is 7.98. The number of benzene rings is 1. The van der Waals surface area contributed by atoms with E-state index in [9.17, 15) is 9.59 Å². The van der Waals surface area contributed by atoms with E-state index in [2.05, 4.69) is 36.6 Å². The van der Waals surface area contributed by atoms with Gasteiger partial charge in [0.05, 0.1) is 23.3 Å². The summed E-state index contributed by atoms with van der Waals surface area (Å²) in [5, 5.41) is 14.8. The average molecular weight is 450 g/mol. The zero-order chi connectivity index (χ0) is 23.6. The smallest absolute Gasteiger partial charge is 0.251 e. The lowest BCUT2D eigenvalue weighted by molar-refractivity contribution is -0.115. The van der Waals surface area contributed by atoms with Crippen LogP contribution in [0.4, 0.5) is 5.82 Å². The normalized spacial score (nSPS) is 18.3. The number of hydrogen-bond acceptors (Lipinski definition) is 5. The minimum atomic E-state index is -0.302. The van der Waals surface area contributed by atoms with Crippen molar-refractivity contribution in [2.45, 2.75) is 70.9 Å². The molecule has 1 aromatic carbocycles. The van der Waals surface area contributed by atoms with E-state index >= 15 is 0 Å². The van der Waals surface area contributed by atoms with Gasteiger partial charge >= 0.3 is 0 Å². The van der Waals surface area contributed by atoms with Gasteiger partial charge in [-0.1, -0.05) is 23.4 Å². The van der Waals surface area contributed by atoms with Crippen LogP contribution in [0.3, 0.4) is 0 Å². The van der Waals surface area contributed by atoms with Crippen LogP contribution in [0.2, 0.25) is 0 Å².